The maximum Gasteiger partial charge on any atom is 0.233 e. The highest BCUT2D eigenvalue weighted by Gasteiger charge is 2.00. The predicted molar refractivity (Wildman–Crippen MR) is 75.2 cm³/mol. The van der Waals surface area contributed by atoms with Gasteiger partial charge in [-0.05, 0) is 24.9 Å². The Morgan fingerprint density at radius 3 is 2.63 bits per heavy atom. The number of aromatic nitrogens is 2. The zero-order valence-corrected chi connectivity index (χ0v) is 12.2. The molecule has 1 aromatic rings. The summed E-state index contributed by atoms with van der Waals surface area (Å²) in [6.45, 7) is 10.0. The van der Waals surface area contributed by atoms with E-state index >= 15 is 0 Å². The molecule has 0 amide bonds. The molecular weight excluding hydrogens is 242 g/mol. The summed E-state index contributed by atoms with van der Waals surface area (Å²) >= 11 is 0. The topological polar surface area (TPSA) is 56.3 Å². The summed E-state index contributed by atoms with van der Waals surface area (Å²) in [7, 11) is 0. The average Bonchev–Trinajstić information content (AvgIpc) is 2.40. The third-order valence-electron chi connectivity index (χ3n) is 2.38. The lowest BCUT2D eigenvalue weighted by atomic mass is 10.2. The van der Waals surface area contributed by atoms with Crippen LogP contribution in [0, 0.1) is 5.92 Å². The number of hydrogen-bond acceptors (Lipinski definition) is 5. The number of nitrogens with one attached hydrogen (secondary N) is 1. The van der Waals surface area contributed by atoms with Crippen molar-refractivity contribution in [3.05, 3.63) is 17.8 Å². The molecule has 0 aliphatic heterocycles. The third kappa shape index (κ3) is 7.74. The van der Waals surface area contributed by atoms with Crippen molar-refractivity contribution in [1.29, 1.82) is 0 Å². The van der Waals surface area contributed by atoms with Gasteiger partial charge in [-0.15, -0.1) is 5.10 Å². The maximum absolute atomic E-state index is 5.43. The van der Waals surface area contributed by atoms with Crippen LogP contribution in [-0.2, 0) is 11.3 Å². The van der Waals surface area contributed by atoms with E-state index in [2.05, 4.69) is 36.3 Å². The van der Waals surface area contributed by atoms with Crippen LogP contribution in [0.4, 0.5) is 0 Å². The summed E-state index contributed by atoms with van der Waals surface area (Å²) in [5, 5.41) is 11.5. The molecule has 0 atom stereocenters. The minimum atomic E-state index is 0.514. The van der Waals surface area contributed by atoms with Crippen LogP contribution < -0.4 is 10.1 Å². The van der Waals surface area contributed by atoms with Gasteiger partial charge in [0, 0.05) is 19.2 Å². The van der Waals surface area contributed by atoms with E-state index in [1.54, 1.807) is 0 Å². The Morgan fingerprint density at radius 2 is 2.00 bits per heavy atom. The molecular formula is C14H25N3O2. The smallest absolute Gasteiger partial charge is 0.233 e. The molecule has 0 saturated carbocycles. The molecule has 1 rings (SSSR count). The predicted octanol–water partition coefficient (Wildman–Crippen LogP) is 2.03. The average molecular weight is 267 g/mol. The highest BCUT2D eigenvalue weighted by molar-refractivity contribution is 5.11. The molecule has 0 bridgehead atoms. The van der Waals surface area contributed by atoms with E-state index < -0.39 is 0 Å². The normalized spacial score (nSPS) is 10.9. The Hall–Kier alpha value is -1.20. The summed E-state index contributed by atoms with van der Waals surface area (Å²) in [5.74, 6) is 1.19. The summed E-state index contributed by atoms with van der Waals surface area (Å²) < 4.78 is 10.8. The monoisotopic (exact) mass is 267 g/mol. The second-order valence-corrected chi connectivity index (χ2v) is 4.85. The van der Waals surface area contributed by atoms with Gasteiger partial charge in [-0.3, -0.25) is 0 Å². The van der Waals surface area contributed by atoms with Crippen LogP contribution in [0.15, 0.2) is 12.1 Å². The lowest BCUT2D eigenvalue weighted by molar-refractivity contribution is 0.0986. The zero-order valence-electron chi connectivity index (χ0n) is 12.2. The molecule has 0 spiro atoms. The van der Waals surface area contributed by atoms with Crippen molar-refractivity contribution >= 4 is 0 Å². The van der Waals surface area contributed by atoms with Crippen molar-refractivity contribution < 1.29 is 9.47 Å². The van der Waals surface area contributed by atoms with Gasteiger partial charge < -0.3 is 14.8 Å². The van der Waals surface area contributed by atoms with E-state index in [1.807, 2.05) is 12.1 Å². The first kappa shape index (κ1) is 15.9. The first-order valence-corrected chi connectivity index (χ1v) is 6.96. The fraction of sp³-hybridized carbons (Fsp3) is 0.714. The minimum absolute atomic E-state index is 0.514. The van der Waals surface area contributed by atoms with Crippen molar-refractivity contribution in [3.8, 4) is 5.88 Å². The Balaban J connectivity index is 2.19. The summed E-state index contributed by atoms with van der Waals surface area (Å²) in [4.78, 5) is 0. The summed E-state index contributed by atoms with van der Waals surface area (Å²) in [6, 6.07) is 3.78. The second-order valence-electron chi connectivity index (χ2n) is 4.85. The van der Waals surface area contributed by atoms with Crippen LogP contribution in [0.2, 0.25) is 0 Å². The molecule has 19 heavy (non-hydrogen) atoms. The molecule has 0 aliphatic rings. The van der Waals surface area contributed by atoms with Crippen LogP contribution >= 0.6 is 0 Å². The Labute approximate surface area is 115 Å². The molecule has 0 saturated heterocycles. The van der Waals surface area contributed by atoms with Gasteiger partial charge >= 0.3 is 0 Å². The lowest BCUT2D eigenvalue weighted by Crippen LogP contribution is -2.19. The van der Waals surface area contributed by atoms with E-state index in [9.17, 15) is 0 Å². The highest BCUT2D eigenvalue weighted by atomic mass is 16.5. The van der Waals surface area contributed by atoms with Crippen molar-refractivity contribution in [3.63, 3.8) is 0 Å². The van der Waals surface area contributed by atoms with Crippen LogP contribution in [0.25, 0.3) is 0 Å². The van der Waals surface area contributed by atoms with E-state index in [-0.39, 0.29) is 0 Å². The fourth-order valence-corrected chi connectivity index (χ4v) is 1.46. The molecule has 5 nitrogen and oxygen atoms in total. The standard InChI is InChI=1S/C14H25N3O2/c1-4-7-18-8-9-19-14-6-5-13(16-17-14)11-15-10-12(2)3/h5-6,12,15H,4,7-11H2,1-3H3. The van der Waals surface area contributed by atoms with Gasteiger partial charge in [-0.2, -0.15) is 5.10 Å². The molecule has 0 aromatic carbocycles. The van der Waals surface area contributed by atoms with E-state index in [4.69, 9.17) is 9.47 Å². The highest BCUT2D eigenvalue weighted by Crippen LogP contribution is 2.04. The third-order valence-corrected chi connectivity index (χ3v) is 2.38. The van der Waals surface area contributed by atoms with E-state index in [0.717, 1.165) is 31.8 Å². The molecule has 0 aliphatic carbocycles. The van der Waals surface area contributed by atoms with Crippen LogP contribution in [-0.4, -0.2) is 36.6 Å². The molecule has 0 unspecified atom stereocenters. The molecule has 0 fully saturated rings. The van der Waals surface area contributed by atoms with Gasteiger partial charge in [0.25, 0.3) is 0 Å². The minimum Gasteiger partial charge on any atom is -0.474 e. The van der Waals surface area contributed by atoms with Crippen LogP contribution in [0.3, 0.4) is 0 Å². The number of rotatable bonds is 10. The Bertz CT molecular complexity index is 328. The Morgan fingerprint density at radius 1 is 1.16 bits per heavy atom. The summed E-state index contributed by atoms with van der Waals surface area (Å²) in [5.41, 5.74) is 0.926. The molecule has 5 heteroatoms. The van der Waals surface area contributed by atoms with Crippen molar-refractivity contribution in [1.82, 2.24) is 15.5 Å². The van der Waals surface area contributed by atoms with Crippen molar-refractivity contribution in [2.45, 2.75) is 33.7 Å². The number of nitrogens with zero attached hydrogens (tertiary/aromatic N) is 2. The van der Waals surface area contributed by atoms with E-state index in [0.29, 0.717) is 25.0 Å². The fourth-order valence-electron chi connectivity index (χ4n) is 1.46. The largest absolute Gasteiger partial charge is 0.474 e. The number of ether oxygens (including phenoxy) is 2. The molecule has 108 valence electrons. The molecule has 1 heterocycles. The van der Waals surface area contributed by atoms with Gasteiger partial charge in [0.1, 0.15) is 6.61 Å². The molecule has 1 N–H and O–H groups in total. The first-order chi connectivity index (χ1) is 9.22. The van der Waals surface area contributed by atoms with Gasteiger partial charge in [-0.1, -0.05) is 20.8 Å². The van der Waals surface area contributed by atoms with Crippen molar-refractivity contribution in [2.75, 3.05) is 26.4 Å². The lowest BCUT2D eigenvalue weighted by Gasteiger charge is -2.07. The quantitative estimate of drug-likeness (QED) is 0.657. The van der Waals surface area contributed by atoms with Gasteiger partial charge in [0.2, 0.25) is 5.88 Å². The SMILES string of the molecule is CCCOCCOc1ccc(CNCC(C)C)nn1. The zero-order chi connectivity index (χ0) is 13.9. The molecule has 1 aromatic heterocycles. The van der Waals surface area contributed by atoms with Crippen molar-refractivity contribution in [2.24, 2.45) is 5.92 Å². The van der Waals surface area contributed by atoms with Crippen LogP contribution in [0.1, 0.15) is 32.9 Å². The first-order valence-electron chi connectivity index (χ1n) is 6.96. The van der Waals surface area contributed by atoms with Crippen LogP contribution in [0.5, 0.6) is 5.88 Å². The second kappa shape index (κ2) is 9.69. The molecule has 0 radical (unpaired) electrons. The van der Waals surface area contributed by atoms with Gasteiger partial charge in [0.05, 0.1) is 12.3 Å². The van der Waals surface area contributed by atoms with E-state index in [1.165, 1.54) is 0 Å². The maximum atomic E-state index is 5.43. The Kier molecular flexibility index (Phi) is 8.09. The van der Waals surface area contributed by atoms with Gasteiger partial charge in [0.15, 0.2) is 0 Å². The number of hydrogen-bond donors (Lipinski definition) is 1. The summed E-state index contributed by atoms with van der Waals surface area (Å²) in [6.07, 6.45) is 1.03. The van der Waals surface area contributed by atoms with Gasteiger partial charge in [-0.25, -0.2) is 0 Å².